The molecular weight excluding hydrogens is 248 g/mol. The van der Waals surface area contributed by atoms with E-state index in [9.17, 15) is 4.79 Å². The quantitative estimate of drug-likeness (QED) is 0.715. The van der Waals surface area contributed by atoms with Crippen molar-refractivity contribution in [2.45, 2.75) is 39.0 Å². The Balaban J connectivity index is 1.82. The molecule has 1 saturated carbocycles. The van der Waals surface area contributed by atoms with Crippen molar-refractivity contribution in [2.75, 3.05) is 19.6 Å². The van der Waals surface area contributed by atoms with Gasteiger partial charge in [-0.05, 0) is 37.8 Å². The van der Waals surface area contributed by atoms with Crippen LogP contribution in [0.5, 0.6) is 0 Å². The summed E-state index contributed by atoms with van der Waals surface area (Å²) in [6, 6.07) is 10.4. The zero-order valence-electron chi connectivity index (χ0n) is 12.5. The molecule has 0 spiro atoms. The number of amides is 1. The van der Waals surface area contributed by atoms with Gasteiger partial charge in [-0.1, -0.05) is 43.7 Å². The van der Waals surface area contributed by atoms with Gasteiger partial charge in [0.1, 0.15) is 0 Å². The molecule has 1 aliphatic rings. The fourth-order valence-corrected chi connectivity index (χ4v) is 2.83. The number of hydrogen-bond donors (Lipinski definition) is 2. The molecule has 110 valence electrons. The van der Waals surface area contributed by atoms with Gasteiger partial charge in [0.25, 0.3) is 0 Å². The van der Waals surface area contributed by atoms with Gasteiger partial charge in [-0.15, -0.1) is 0 Å². The van der Waals surface area contributed by atoms with E-state index in [1.54, 1.807) is 0 Å². The van der Waals surface area contributed by atoms with Crippen LogP contribution in [0.25, 0.3) is 0 Å². The first-order valence-corrected chi connectivity index (χ1v) is 7.80. The van der Waals surface area contributed by atoms with Gasteiger partial charge in [-0.3, -0.25) is 4.79 Å². The highest BCUT2D eigenvalue weighted by Crippen LogP contribution is 2.43. The van der Waals surface area contributed by atoms with Crippen molar-refractivity contribution in [3.05, 3.63) is 35.9 Å². The van der Waals surface area contributed by atoms with Gasteiger partial charge in [0, 0.05) is 13.1 Å². The molecule has 1 aliphatic carbocycles. The lowest BCUT2D eigenvalue weighted by Crippen LogP contribution is -2.48. The fraction of sp³-hybridized carbons (Fsp3) is 0.588. The second kappa shape index (κ2) is 7.44. The molecule has 1 fully saturated rings. The first kappa shape index (κ1) is 15.0. The number of carbonyl (C=O) groups excluding carboxylic acids is 1. The van der Waals surface area contributed by atoms with Crippen LogP contribution in [0.4, 0.5) is 0 Å². The van der Waals surface area contributed by atoms with Crippen molar-refractivity contribution < 1.29 is 4.79 Å². The molecule has 0 aliphatic heterocycles. The van der Waals surface area contributed by atoms with Crippen LogP contribution in [0.3, 0.4) is 0 Å². The van der Waals surface area contributed by atoms with Crippen LogP contribution in [0.1, 0.15) is 38.2 Å². The Kier molecular flexibility index (Phi) is 5.60. The van der Waals surface area contributed by atoms with Crippen molar-refractivity contribution in [1.82, 2.24) is 10.6 Å². The van der Waals surface area contributed by atoms with Gasteiger partial charge in [-0.2, -0.15) is 0 Å². The summed E-state index contributed by atoms with van der Waals surface area (Å²) in [6.07, 6.45) is 5.23. The van der Waals surface area contributed by atoms with E-state index in [1.807, 2.05) is 18.2 Å². The predicted octanol–water partition coefficient (Wildman–Crippen LogP) is 2.52. The van der Waals surface area contributed by atoms with Crippen LogP contribution < -0.4 is 10.6 Å². The summed E-state index contributed by atoms with van der Waals surface area (Å²) in [6.45, 7) is 4.76. The summed E-state index contributed by atoms with van der Waals surface area (Å²) >= 11 is 0. The Hall–Kier alpha value is -1.35. The van der Waals surface area contributed by atoms with Gasteiger partial charge >= 0.3 is 0 Å². The molecule has 3 heteroatoms. The normalized spacial score (nSPS) is 16.4. The number of benzene rings is 1. The Morgan fingerprint density at radius 2 is 1.90 bits per heavy atom. The number of carbonyl (C=O) groups is 1. The average molecular weight is 274 g/mol. The molecule has 1 aromatic carbocycles. The Labute approximate surface area is 122 Å². The molecule has 1 aromatic rings. The smallest absolute Gasteiger partial charge is 0.226 e. The molecule has 0 heterocycles. The minimum absolute atomic E-state index is 0.147. The third-order valence-electron chi connectivity index (χ3n) is 4.19. The van der Waals surface area contributed by atoms with E-state index in [-0.39, 0.29) is 11.3 Å². The molecule has 0 atom stereocenters. The highest BCUT2D eigenvalue weighted by atomic mass is 16.2. The Morgan fingerprint density at radius 1 is 1.15 bits per heavy atom. The average Bonchev–Trinajstić information content (AvgIpc) is 2.43. The van der Waals surface area contributed by atoms with Gasteiger partial charge in [0.05, 0.1) is 5.41 Å². The van der Waals surface area contributed by atoms with E-state index < -0.39 is 0 Å². The number of hydrogen-bond acceptors (Lipinski definition) is 2. The number of rotatable bonds is 8. The summed E-state index contributed by atoms with van der Waals surface area (Å²) in [5, 5.41) is 6.42. The minimum atomic E-state index is -0.147. The summed E-state index contributed by atoms with van der Waals surface area (Å²) in [5.41, 5.74) is 1.12. The molecule has 0 aromatic heterocycles. The monoisotopic (exact) mass is 274 g/mol. The minimum Gasteiger partial charge on any atom is -0.354 e. The standard InChI is InChI=1S/C17H26N2O/c1-2-11-18-12-13-19-16(20)17(9-6-10-17)14-15-7-4-3-5-8-15/h3-5,7-8,18H,2,6,9-14H2,1H3,(H,19,20). The Bertz CT molecular complexity index is 412. The van der Waals surface area contributed by atoms with Crippen molar-refractivity contribution in [3.63, 3.8) is 0 Å². The fourth-order valence-electron chi connectivity index (χ4n) is 2.83. The summed E-state index contributed by atoms with van der Waals surface area (Å²) in [4.78, 5) is 12.4. The zero-order chi connectivity index (χ0) is 14.3. The zero-order valence-corrected chi connectivity index (χ0v) is 12.5. The third kappa shape index (κ3) is 3.83. The maximum atomic E-state index is 12.4. The van der Waals surface area contributed by atoms with Gasteiger partial charge in [-0.25, -0.2) is 0 Å². The molecule has 3 nitrogen and oxygen atoms in total. The van der Waals surface area contributed by atoms with E-state index in [4.69, 9.17) is 0 Å². The molecule has 20 heavy (non-hydrogen) atoms. The van der Waals surface area contributed by atoms with Crippen molar-refractivity contribution in [3.8, 4) is 0 Å². The molecular formula is C17H26N2O. The van der Waals surface area contributed by atoms with Gasteiger partial charge in [0.15, 0.2) is 0 Å². The summed E-state index contributed by atoms with van der Waals surface area (Å²) in [7, 11) is 0. The summed E-state index contributed by atoms with van der Waals surface area (Å²) in [5.74, 6) is 0.242. The molecule has 0 unspecified atom stereocenters. The van der Waals surface area contributed by atoms with E-state index in [0.29, 0.717) is 0 Å². The van der Waals surface area contributed by atoms with Crippen LogP contribution in [-0.4, -0.2) is 25.5 Å². The van der Waals surface area contributed by atoms with Crippen LogP contribution in [0, 0.1) is 5.41 Å². The van der Waals surface area contributed by atoms with E-state index in [2.05, 4.69) is 29.7 Å². The highest BCUT2D eigenvalue weighted by molar-refractivity contribution is 5.83. The Morgan fingerprint density at radius 3 is 2.50 bits per heavy atom. The van der Waals surface area contributed by atoms with Gasteiger partial charge in [0.2, 0.25) is 5.91 Å². The van der Waals surface area contributed by atoms with E-state index in [0.717, 1.165) is 45.3 Å². The molecule has 2 N–H and O–H groups in total. The van der Waals surface area contributed by atoms with Crippen LogP contribution in [-0.2, 0) is 11.2 Å². The molecule has 2 rings (SSSR count). The first-order chi connectivity index (χ1) is 9.77. The maximum Gasteiger partial charge on any atom is 0.226 e. The highest BCUT2D eigenvalue weighted by Gasteiger charge is 2.43. The van der Waals surface area contributed by atoms with Gasteiger partial charge < -0.3 is 10.6 Å². The summed E-state index contributed by atoms with van der Waals surface area (Å²) < 4.78 is 0. The lowest BCUT2D eigenvalue weighted by molar-refractivity contribution is -0.135. The lowest BCUT2D eigenvalue weighted by Gasteiger charge is -2.40. The van der Waals surface area contributed by atoms with Crippen molar-refractivity contribution in [2.24, 2.45) is 5.41 Å². The third-order valence-corrected chi connectivity index (χ3v) is 4.19. The molecule has 0 bridgehead atoms. The van der Waals surface area contributed by atoms with Crippen LogP contribution in [0.2, 0.25) is 0 Å². The topological polar surface area (TPSA) is 41.1 Å². The molecule has 1 amide bonds. The lowest BCUT2D eigenvalue weighted by atomic mass is 9.64. The predicted molar refractivity (Wildman–Crippen MR) is 82.6 cm³/mol. The first-order valence-electron chi connectivity index (χ1n) is 7.80. The second-order valence-electron chi connectivity index (χ2n) is 5.80. The van der Waals surface area contributed by atoms with Crippen molar-refractivity contribution in [1.29, 1.82) is 0 Å². The molecule has 0 saturated heterocycles. The number of nitrogens with one attached hydrogen (secondary N) is 2. The van der Waals surface area contributed by atoms with Crippen LogP contribution in [0.15, 0.2) is 30.3 Å². The van der Waals surface area contributed by atoms with E-state index >= 15 is 0 Å². The molecule has 0 radical (unpaired) electrons. The maximum absolute atomic E-state index is 12.4. The second-order valence-corrected chi connectivity index (χ2v) is 5.80. The SMILES string of the molecule is CCCNCCNC(=O)C1(Cc2ccccc2)CCC1. The van der Waals surface area contributed by atoms with E-state index in [1.165, 1.54) is 12.0 Å². The largest absolute Gasteiger partial charge is 0.354 e. The van der Waals surface area contributed by atoms with Crippen LogP contribution >= 0.6 is 0 Å². The van der Waals surface area contributed by atoms with Crippen molar-refractivity contribution >= 4 is 5.91 Å².